The number of hydrogen-bond acceptors (Lipinski definition) is 2. The van der Waals surface area contributed by atoms with Crippen LogP contribution >= 0.6 is 15.9 Å². The summed E-state index contributed by atoms with van der Waals surface area (Å²) in [6.45, 7) is 9.17. The predicted molar refractivity (Wildman–Crippen MR) is 90.6 cm³/mol. The molecule has 0 fully saturated rings. The topological polar surface area (TPSA) is 21.3 Å². The van der Waals surface area contributed by atoms with Gasteiger partial charge in [0.05, 0.1) is 7.11 Å². The molecule has 0 saturated heterocycles. The molecule has 114 valence electrons. The van der Waals surface area contributed by atoms with Crippen molar-refractivity contribution in [2.75, 3.05) is 20.2 Å². The van der Waals surface area contributed by atoms with Gasteiger partial charge in [0.2, 0.25) is 0 Å². The molecule has 0 bridgehead atoms. The van der Waals surface area contributed by atoms with E-state index in [1.807, 2.05) is 12.1 Å². The standard InChI is InChI=1S/C17H28BrNO/c1-5-11-19-12-10-17(2,3)9-8-14-6-7-15(20-4)13-16(14)18/h6-7,13,19H,5,8-12H2,1-4H3. The summed E-state index contributed by atoms with van der Waals surface area (Å²) in [6.07, 6.45) is 4.73. The Balaban J connectivity index is 2.44. The Morgan fingerprint density at radius 1 is 1.20 bits per heavy atom. The summed E-state index contributed by atoms with van der Waals surface area (Å²) in [5.41, 5.74) is 1.74. The lowest BCUT2D eigenvalue weighted by molar-refractivity contribution is 0.302. The Morgan fingerprint density at radius 2 is 1.95 bits per heavy atom. The smallest absolute Gasteiger partial charge is 0.120 e. The van der Waals surface area contributed by atoms with E-state index < -0.39 is 0 Å². The highest BCUT2D eigenvalue weighted by Gasteiger charge is 2.17. The van der Waals surface area contributed by atoms with E-state index in [1.54, 1.807) is 7.11 Å². The second-order valence-corrected chi connectivity index (χ2v) is 6.98. The van der Waals surface area contributed by atoms with E-state index in [4.69, 9.17) is 4.74 Å². The molecule has 0 amide bonds. The molecule has 0 heterocycles. The van der Waals surface area contributed by atoms with Crippen molar-refractivity contribution in [2.45, 2.75) is 46.5 Å². The maximum atomic E-state index is 5.23. The van der Waals surface area contributed by atoms with E-state index in [0.29, 0.717) is 5.41 Å². The van der Waals surface area contributed by atoms with Crippen LogP contribution in [-0.2, 0) is 6.42 Å². The lowest BCUT2D eigenvalue weighted by Crippen LogP contribution is -2.23. The molecule has 2 nitrogen and oxygen atoms in total. The van der Waals surface area contributed by atoms with Gasteiger partial charge in [-0.2, -0.15) is 0 Å². The molecule has 3 heteroatoms. The van der Waals surface area contributed by atoms with E-state index in [9.17, 15) is 0 Å². The van der Waals surface area contributed by atoms with Crippen LogP contribution in [0.4, 0.5) is 0 Å². The molecular weight excluding hydrogens is 314 g/mol. The second-order valence-electron chi connectivity index (χ2n) is 6.12. The lowest BCUT2D eigenvalue weighted by Gasteiger charge is -2.25. The van der Waals surface area contributed by atoms with Crippen LogP contribution in [0.25, 0.3) is 0 Å². The minimum atomic E-state index is 0.375. The summed E-state index contributed by atoms with van der Waals surface area (Å²) >= 11 is 3.64. The van der Waals surface area contributed by atoms with Gasteiger partial charge in [-0.05, 0) is 61.9 Å². The predicted octanol–water partition coefficient (Wildman–Crippen LogP) is 4.81. The van der Waals surface area contributed by atoms with Crippen molar-refractivity contribution in [2.24, 2.45) is 5.41 Å². The zero-order valence-electron chi connectivity index (χ0n) is 13.3. The Hall–Kier alpha value is -0.540. The molecular formula is C17H28BrNO. The third kappa shape index (κ3) is 6.27. The quantitative estimate of drug-likeness (QED) is 0.651. The maximum Gasteiger partial charge on any atom is 0.120 e. The van der Waals surface area contributed by atoms with Crippen molar-refractivity contribution in [1.82, 2.24) is 5.32 Å². The minimum Gasteiger partial charge on any atom is -0.497 e. The fourth-order valence-electron chi connectivity index (χ4n) is 2.18. The van der Waals surface area contributed by atoms with Crippen LogP contribution in [0.15, 0.2) is 22.7 Å². The molecule has 0 aliphatic heterocycles. The normalized spacial score (nSPS) is 11.7. The highest BCUT2D eigenvalue weighted by molar-refractivity contribution is 9.10. The second kappa shape index (κ2) is 8.68. The van der Waals surface area contributed by atoms with Crippen molar-refractivity contribution in [3.63, 3.8) is 0 Å². The number of nitrogens with one attached hydrogen (secondary N) is 1. The molecule has 0 spiro atoms. The van der Waals surface area contributed by atoms with Crippen LogP contribution in [0.1, 0.15) is 45.6 Å². The van der Waals surface area contributed by atoms with Gasteiger partial charge in [-0.15, -0.1) is 0 Å². The first-order valence-electron chi connectivity index (χ1n) is 7.51. The van der Waals surface area contributed by atoms with E-state index in [1.165, 1.54) is 24.8 Å². The average Bonchev–Trinajstić information content (AvgIpc) is 2.42. The van der Waals surface area contributed by atoms with Crippen molar-refractivity contribution >= 4 is 15.9 Å². The highest BCUT2D eigenvalue weighted by Crippen LogP contribution is 2.30. The molecule has 1 aromatic carbocycles. The van der Waals surface area contributed by atoms with Gasteiger partial charge in [0.15, 0.2) is 0 Å². The Kier molecular flexibility index (Phi) is 7.60. The Labute approximate surface area is 132 Å². The van der Waals surface area contributed by atoms with E-state index in [2.05, 4.69) is 48.1 Å². The number of ether oxygens (including phenoxy) is 1. The van der Waals surface area contributed by atoms with Gasteiger partial charge in [0, 0.05) is 4.47 Å². The lowest BCUT2D eigenvalue weighted by atomic mass is 9.83. The van der Waals surface area contributed by atoms with Crippen molar-refractivity contribution in [3.8, 4) is 5.75 Å². The monoisotopic (exact) mass is 341 g/mol. The summed E-state index contributed by atoms with van der Waals surface area (Å²) < 4.78 is 6.38. The molecule has 0 unspecified atom stereocenters. The van der Waals surface area contributed by atoms with Gasteiger partial charge >= 0.3 is 0 Å². The van der Waals surface area contributed by atoms with Crippen LogP contribution in [0, 0.1) is 5.41 Å². The molecule has 0 aliphatic carbocycles. The van der Waals surface area contributed by atoms with Gasteiger partial charge in [0.1, 0.15) is 5.75 Å². The summed E-state index contributed by atoms with van der Waals surface area (Å²) in [5, 5.41) is 3.49. The SMILES string of the molecule is CCCNCCC(C)(C)CCc1ccc(OC)cc1Br. The van der Waals surface area contributed by atoms with Gasteiger partial charge < -0.3 is 10.1 Å². The van der Waals surface area contributed by atoms with E-state index >= 15 is 0 Å². The summed E-state index contributed by atoms with van der Waals surface area (Å²) in [6, 6.07) is 6.25. The highest BCUT2D eigenvalue weighted by atomic mass is 79.9. The molecule has 0 radical (unpaired) electrons. The summed E-state index contributed by atoms with van der Waals surface area (Å²) in [7, 11) is 1.70. The zero-order valence-corrected chi connectivity index (χ0v) is 14.8. The Bertz CT molecular complexity index is 404. The molecule has 20 heavy (non-hydrogen) atoms. The molecule has 0 saturated carbocycles. The number of aryl methyl sites for hydroxylation is 1. The molecule has 0 aliphatic rings. The van der Waals surface area contributed by atoms with Gasteiger partial charge in [0.25, 0.3) is 0 Å². The minimum absolute atomic E-state index is 0.375. The van der Waals surface area contributed by atoms with Crippen LogP contribution < -0.4 is 10.1 Å². The van der Waals surface area contributed by atoms with Crippen molar-refractivity contribution in [3.05, 3.63) is 28.2 Å². The van der Waals surface area contributed by atoms with Gasteiger partial charge in [-0.3, -0.25) is 0 Å². The van der Waals surface area contributed by atoms with Crippen LogP contribution in [0.2, 0.25) is 0 Å². The zero-order chi connectivity index (χ0) is 15.0. The van der Waals surface area contributed by atoms with Crippen molar-refractivity contribution in [1.29, 1.82) is 0 Å². The summed E-state index contributed by atoms with van der Waals surface area (Å²) in [5.74, 6) is 0.906. The van der Waals surface area contributed by atoms with Crippen LogP contribution in [0.3, 0.4) is 0 Å². The van der Waals surface area contributed by atoms with E-state index in [0.717, 1.165) is 29.7 Å². The largest absolute Gasteiger partial charge is 0.497 e. The fourth-order valence-corrected chi connectivity index (χ4v) is 2.74. The number of benzene rings is 1. The van der Waals surface area contributed by atoms with Gasteiger partial charge in [-0.1, -0.05) is 42.8 Å². The van der Waals surface area contributed by atoms with E-state index in [-0.39, 0.29) is 0 Å². The first-order chi connectivity index (χ1) is 9.48. The maximum absolute atomic E-state index is 5.23. The Morgan fingerprint density at radius 3 is 2.55 bits per heavy atom. The molecule has 1 N–H and O–H groups in total. The molecule has 0 atom stereocenters. The third-order valence-electron chi connectivity index (χ3n) is 3.74. The first-order valence-corrected chi connectivity index (χ1v) is 8.31. The molecule has 0 aromatic heterocycles. The number of methoxy groups -OCH3 is 1. The summed E-state index contributed by atoms with van der Waals surface area (Å²) in [4.78, 5) is 0. The van der Waals surface area contributed by atoms with Crippen LogP contribution in [-0.4, -0.2) is 20.2 Å². The van der Waals surface area contributed by atoms with Crippen LogP contribution in [0.5, 0.6) is 5.75 Å². The number of rotatable bonds is 9. The van der Waals surface area contributed by atoms with Crippen molar-refractivity contribution < 1.29 is 4.74 Å². The average molecular weight is 342 g/mol. The first kappa shape index (κ1) is 17.5. The number of hydrogen-bond donors (Lipinski definition) is 1. The number of halogens is 1. The molecule has 1 aromatic rings. The third-order valence-corrected chi connectivity index (χ3v) is 4.47. The molecule has 1 rings (SSSR count). The fraction of sp³-hybridized carbons (Fsp3) is 0.647. The van der Waals surface area contributed by atoms with Gasteiger partial charge in [-0.25, -0.2) is 0 Å².